The molecule has 0 saturated heterocycles. The highest BCUT2D eigenvalue weighted by atomic mass is 15.0. The third kappa shape index (κ3) is 8.32. The molecule has 11 aromatic carbocycles. The minimum absolute atomic E-state index is 0.212. The monoisotopic (exact) mass is 1020 g/mol. The van der Waals surface area contributed by atoms with E-state index in [4.69, 9.17) is 15.0 Å². The van der Waals surface area contributed by atoms with Gasteiger partial charge in [0.15, 0.2) is 17.5 Å². The van der Waals surface area contributed by atoms with Crippen molar-refractivity contribution in [2.24, 2.45) is 0 Å². The molecule has 376 valence electrons. The molecule has 0 spiro atoms. The lowest BCUT2D eigenvalue weighted by Crippen LogP contribution is -2.05. The molecule has 0 fully saturated rings. The Hall–Kier alpha value is -10.5. The van der Waals surface area contributed by atoms with Gasteiger partial charge in [-0.1, -0.05) is 231 Å². The Kier molecular flexibility index (Phi) is 11.6. The molecule has 0 amide bonds. The summed E-state index contributed by atoms with van der Waals surface area (Å²) < 4.78 is 4.90. The number of para-hydroxylation sites is 3. The first-order valence-electron chi connectivity index (χ1n) is 27.4. The first-order chi connectivity index (χ1) is 39.7. The van der Waals surface area contributed by atoms with E-state index < -0.39 is 0 Å². The fourth-order valence-corrected chi connectivity index (χ4v) is 12.0. The van der Waals surface area contributed by atoms with Crippen LogP contribution in [-0.4, -0.2) is 24.1 Å². The highest BCUT2D eigenvalue weighted by Crippen LogP contribution is 2.45. The number of hydrogen-bond acceptors (Lipinski definition) is 3. The highest BCUT2D eigenvalue weighted by molar-refractivity contribution is 6.13. The van der Waals surface area contributed by atoms with Crippen LogP contribution in [0.25, 0.3) is 134 Å². The van der Waals surface area contributed by atoms with E-state index in [1.807, 2.05) is 0 Å². The molecule has 1 atom stereocenters. The molecule has 5 heteroatoms. The van der Waals surface area contributed by atoms with Crippen molar-refractivity contribution < 1.29 is 0 Å². The van der Waals surface area contributed by atoms with Crippen molar-refractivity contribution in [1.29, 1.82) is 0 Å². The lowest BCUT2D eigenvalue weighted by atomic mass is 9.88. The van der Waals surface area contributed by atoms with Crippen LogP contribution in [-0.2, 0) is 0 Å². The van der Waals surface area contributed by atoms with Gasteiger partial charge in [-0.3, -0.25) is 0 Å². The molecule has 1 aliphatic rings. The molecule has 0 N–H and O–H groups in total. The Bertz CT molecular complexity index is 4590. The van der Waals surface area contributed by atoms with E-state index in [9.17, 15) is 0 Å². The van der Waals surface area contributed by atoms with Crippen molar-refractivity contribution in [3.05, 3.63) is 297 Å². The van der Waals surface area contributed by atoms with Crippen molar-refractivity contribution in [2.45, 2.75) is 12.3 Å². The number of benzene rings is 11. The van der Waals surface area contributed by atoms with Crippen molar-refractivity contribution in [1.82, 2.24) is 24.1 Å². The molecule has 0 aliphatic heterocycles. The average Bonchev–Trinajstić information content (AvgIpc) is 4.12. The zero-order valence-corrected chi connectivity index (χ0v) is 43.7. The van der Waals surface area contributed by atoms with Crippen molar-refractivity contribution in [2.75, 3.05) is 0 Å². The maximum absolute atomic E-state index is 5.56. The van der Waals surface area contributed by atoms with Gasteiger partial charge in [0, 0.05) is 61.0 Å². The minimum Gasteiger partial charge on any atom is -0.309 e. The standard InChI is InChI=1S/C75H51N5/c1-6-22-50(23-7-1)53-38-40-56(41-39-53)73-76-74(59-45-57(51-24-8-2-9-25-51)44-58(46-59)52-26-10-3-11-27-52)78-75(77-73)60-47-65(54-28-12-4-13-29-54)72(66(48-60)55-30-14-5-15-31-55)80-70-37-21-18-34-64(70)67-49-61(42-43-71(67)80)79-68-35-19-16-32-62(68)63-33-17-20-36-69(63)79/h1-26,28-49,52H,27H2. The van der Waals surface area contributed by atoms with Crippen LogP contribution in [0, 0.1) is 0 Å². The summed E-state index contributed by atoms with van der Waals surface area (Å²) in [6, 6.07) is 96.0. The van der Waals surface area contributed by atoms with E-state index in [1.54, 1.807) is 0 Å². The topological polar surface area (TPSA) is 48.5 Å². The molecular weight excluding hydrogens is 971 g/mol. The fraction of sp³-hybridized carbons (Fsp3) is 0.0267. The van der Waals surface area contributed by atoms with Crippen molar-refractivity contribution >= 4 is 43.6 Å². The number of fused-ring (bicyclic) bond motifs is 6. The second kappa shape index (κ2) is 19.8. The maximum Gasteiger partial charge on any atom is 0.164 e. The van der Waals surface area contributed by atoms with Gasteiger partial charge in [-0.2, -0.15) is 0 Å². The summed E-state index contributed by atoms with van der Waals surface area (Å²) in [5, 5.41) is 4.83. The van der Waals surface area contributed by atoms with Crippen LogP contribution >= 0.6 is 0 Å². The largest absolute Gasteiger partial charge is 0.309 e. The van der Waals surface area contributed by atoms with Crippen LogP contribution < -0.4 is 0 Å². The maximum atomic E-state index is 5.56. The first kappa shape index (κ1) is 46.8. The van der Waals surface area contributed by atoms with Crippen LogP contribution in [0.4, 0.5) is 0 Å². The van der Waals surface area contributed by atoms with E-state index >= 15 is 0 Å². The van der Waals surface area contributed by atoms with Gasteiger partial charge >= 0.3 is 0 Å². The van der Waals surface area contributed by atoms with Gasteiger partial charge < -0.3 is 9.13 Å². The summed E-state index contributed by atoms with van der Waals surface area (Å²) >= 11 is 0. The molecule has 0 radical (unpaired) electrons. The van der Waals surface area contributed by atoms with Gasteiger partial charge in [-0.05, 0) is 106 Å². The van der Waals surface area contributed by atoms with Crippen molar-refractivity contribution in [3.63, 3.8) is 0 Å². The molecule has 3 aromatic heterocycles. The smallest absolute Gasteiger partial charge is 0.164 e. The number of aromatic nitrogens is 5. The Labute approximate surface area is 464 Å². The summed E-state index contributed by atoms with van der Waals surface area (Å²) in [5.41, 5.74) is 19.5. The van der Waals surface area contributed by atoms with Crippen LogP contribution in [0.3, 0.4) is 0 Å². The van der Waals surface area contributed by atoms with Crippen LogP contribution in [0.2, 0.25) is 0 Å². The van der Waals surface area contributed by atoms with Crippen LogP contribution in [0.15, 0.2) is 291 Å². The number of nitrogens with zero attached hydrogens (tertiary/aromatic N) is 5. The Morgan fingerprint density at radius 3 is 1.27 bits per heavy atom. The number of hydrogen-bond donors (Lipinski definition) is 0. The lowest BCUT2D eigenvalue weighted by molar-refractivity contribution is 0.854. The summed E-state index contributed by atoms with van der Waals surface area (Å²) in [4.78, 5) is 16.5. The summed E-state index contributed by atoms with van der Waals surface area (Å²) in [6.07, 6.45) is 9.76. The third-order valence-electron chi connectivity index (χ3n) is 15.9. The Morgan fingerprint density at radius 1 is 0.300 bits per heavy atom. The van der Waals surface area contributed by atoms with Gasteiger partial charge in [-0.15, -0.1) is 0 Å². The molecule has 15 rings (SSSR count). The normalized spacial score (nSPS) is 13.2. The number of rotatable bonds is 10. The minimum atomic E-state index is 0.212. The van der Waals surface area contributed by atoms with Crippen LogP contribution in [0.1, 0.15) is 17.9 Å². The molecule has 80 heavy (non-hydrogen) atoms. The molecule has 3 heterocycles. The predicted molar refractivity (Wildman–Crippen MR) is 332 cm³/mol. The van der Waals surface area contributed by atoms with E-state index in [0.29, 0.717) is 17.5 Å². The van der Waals surface area contributed by atoms with Gasteiger partial charge in [0.25, 0.3) is 0 Å². The molecular formula is C75H51N5. The first-order valence-corrected chi connectivity index (χ1v) is 27.4. The molecule has 5 nitrogen and oxygen atoms in total. The lowest BCUT2D eigenvalue weighted by Gasteiger charge is -2.21. The Balaban J connectivity index is 0.982. The van der Waals surface area contributed by atoms with Gasteiger partial charge in [0.1, 0.15) is 0 Å². The SMILES string of the molecule is C1=CCC(c2cc(-c3ccccc3)cc(-c3nc(-c4ccc(-c5ccccc5)cc4)nc(-c4cc(-c5ccccc5)c(-n5c6ccccc6c6cc(-n7c8ccccc8c8ccccc87)ccc65)c(-c5ccccc5)c4)n3)c2)C=C1. The molecule has 0 bridgehead atoms. The summed E-state index contributed by atoms with van der Waals surface area (Å²) in [7, 11) is 0. The fourth-order valence-electron chi connectivity index (χ4n) is 12.0. The third-order valence-corrected chi connectivity index (χ3v) is 15.9. The van der Waals surface area contributed by atoms with Gasteiger partial charge in [-0.25, -0.2) is 15.0 Å². The second-order valence-corrected chi connectivity index (χ2v) is 20.7. The van der Waals surface area contributed by atoms with E-state index in [2.05, 4.69) is 300 Å². The highest BCUT2D eigenvalue weighted by Gasteiger charge is 2.25. The average molecular weight is 1020 g/mol. The molecule has 1 aliphatic carbocycles. The predicted octanol–water partition coefficient (Wildman–Crippen LogP) is 19.3. The van der Waals surface area contributed by atoms with E-state index in [1.165, 1.54) is 38.1 Å². The second-order valence-electron chi connectivity index (χ2n) is 20.7. The van der Waals surface area contributed by atoms with E-state index in [0.717, 1.165) is 90.0 Å². The zero-order chi connectivity index (χ0) is 52.9. The molecule has 0 saturated carbocycles. The van der Waals surface area contributed by atoms with E-state index in [-0.39, 0.29) is 5.92 Å². The summed E-state index contributed by atoms with van der Waals surface area (Å²) in [5.74, 6) is 2.01. The van der Waals surface area contributed by atoms with Gasteiger partial charge in [0.05, 0.1) is 27.8 Å². The zero-order valence-electron chi connectivity index (χ0n) is 43.7. The number of allylic oxidation sites excluding steroid dienone is 4. The Morgan fingerprint density at radius 2 is 0.725 bits per heavy atom. The molecule has 1 unspecified atom stereocenters. The molecule has 14 aromatic rings. The summed E-state index contributed by atoms with van der Waals surface area (Å²) in [6.45, 7) is 0. The quantitative estimate of drug-likeness (QED) is 0.137. The van der Waals surface area contributed by atoms with Gasteiger partial charge in [0.2, 0.25) is 0 Å². The van der Waals surface area contributed by atoms with Crippen LogP contribution in [0.5, 0.6) is 0 Å². The van der Waals surface area contributed by atoms with Crippen molar-refractivity contribution in [3.8, 4) is 90.0 Å².